The fourth-order valence-electron chi connectivity index (χ4n) is 1.96. The molecular weight excluding hydrogens is 278 g/mol. The van der Waals surface area contributed by atoms with Gasteiger partial charge in [-0.3, -0.25) is 4.79 Å². The van der Waals surface area contributed by atoms with Crippen LogP contribution >= 0.6 is 0 Å². The van der Waals surface area contributed by atoms with Crippen molar-refractivity contribution in [3.05, 3.63) is 60.3 Å². The molecule has 114 valence electrons. The van der Waals surface area contributed by atoms with Gasteiger partial charge in [-0.2, -0.15) is 0 Å². The van der Waals surface area contributed by atoms with Gasteiger partial charge in [0.15, 0.2) is 0 Å². The van der Waals surface area contributed by atoms with Crippen LogP contribution in [0.25, 0.3) is 0 Å². The molecule has 0 radical (unpaired) electrons. The van der Waals surface area contributed by atoms with Crippen molar-refractivity contribution in [1.82, 2.24) is 10.3 Å². The first kappa shape index (κ1) is 15.6. The molecule has 2 aromatic rings. The van der Waals surface area contributed by atoms with Crippen LogP contribution in [0.2, 0.25) is 0 Å². The summed E-state index contributed by atoms with van der Waals surface area (Å²) in [6.45, 7) is 7.25. The van der Waals surface area contributed by atoms with Crippen molar-refractivity contribution in [2.45, 2.75) is 19.9 Å². The van der Waals surface area contributed by atoms with E-state index in [0.717, 1.165) is 11.1 Å². The predicted molar refractivity (Wildman–Crippen MR) is 86.7 cm³/mol. The van der Waals surface area contributed by atoms with Crippen LogP contribution < -0.4 is 15.8 Å². The summed E-state index contributed by atoms with van der Waals surface area (Å²) in [5, 5.41) is 2.80. The van der Waals surface area contributed by atoms with Gasteiger partial charge in [0.25, 0.3) is 0 Å². The molecular formula is C17H19N3O2. The third-order valence-corrected chi connectivity index (χ3v) is 3.15. The maximum Gasteiger partial charge on any atom is 0.243 e. The minimum absolute atomic E-state index is 0.109. The molecule has 0 aliphatic heterocycles. The predicted octanol–water partition coefficient (Wildman–Crippen LogP) is 3.13. The Balaban J connectivity index is 2.08. The summed E-state index contributed by atoms with van der Waals surface area (Å²) >= 11 is 0. The highest BCUT2D eigenvalue weighted by molar-refractivity contribution is 5.87. The second kappa shape index (κ2) is 6.76. The standard InChI is InChI=1S/C17H19N3O2/c1-4-16(21)20-12(3)13-5-7-14(8-6-13)22-17-15(18)9-11(2)10-19-17/h4-10,12H,1,18H2,2-3H3,(H,20,21)/t12-/m1/s1. The highest BCUT2D eigenvalue weighted by Gasteiger charge is 2.08. The number of nitrogen functional groups attached to an aromatic ring is 1. The van der Waals surface area contributed by atoms with Gasteiger partial charge in [-0.25, -0.2) is 4.98 Å². The number of nitrogens with zero attached hydrogens (tertiary/aromatic N) is 1. The van der Waals surface area contributed by atoms with Crippen LogP contribution in [0.4, 0.5) is 5.69 Å². The Labute approximate surface area is 129 Å². The van der Waals surface area contributed by atoms with Crippen LogP contribution in [-0.4, -0.2) is 10.9 Å². The third kappa shape index (κ3) is 3.85. The number of nitrogens with one attached hydrogen (secondary N) is 1. The Bertz CT molecular complexity index is 681. The number of benzene rings is 1. The summed E-state index contributed by atoms with van der Waals surface area (Å²) in [6.07, 6.45) is 2.95. The van der Waals surface area contributed by atoms with E-state index in [4.69, 9.17) is 10.5 Å². The van der Waals surface area contributed by atoms with Crippen molar-refractivity contribution in [2.24, 2.45) is 0 Å². The SMILES string of the molecule is C=CC(=O)N[C@H](C)c1ccc(Oc2ncc(C)cc2N)cc1. The van der Waals surface area contributed by atoms with E-state index in [2.05, 4.69) is 16.9 Å². The first-order valence-corrected chi connectivity index (χ1v) is 6.92. The zero-order chi connectivity index (χ0) is 16.1. The summed E-state index contributed by atoms with van der Waals surface area (Å²) < 4.78 is 5.66. The van der Waals surface area contributed by atoms with E-state index in [1.54, 1.807) is 6.20 Å². The zero-order valence-electron chi connectivity index (χ0n) is 12.7. The lowest BCUT2D eigenvalue weighted by Gasteiger charge is -2.14. The topological polar surface area (TPSA) is 77.2 Å². The molecule has 0 unspecified atom stereocenters. The second-order valence-corrected chi connectivity index (χ2v) is 5.01. The number of rotatable bonds is 5. The van der Waals surface area contributed by atoms with Crippen LogP contribution in [0.3, 0.4) is 0 Å². The number of carbonyl (C=O) groups is 1. The zero-order valence-corrected chi connectivity index (χ0v) is 12.7. The van der Waals surface area contributed by atoms with E-state index in [-0.39, 0.29) is 11.9 Å². The highest BCUT2D eigenvalue weighted by atomic mass is 16.5. The van der Waals surface area contributed by atoms with Gasteiger partial charge in [0, 0.05) is 6.20 Å². The largest absolute Gasteiger partial charge is 0.437 e. The van der Waals surface area contributed by atoms with Gasteiger partial charge in [0.2, 0.25) is 11.8 Å². The molecule has 1 atom stereocenters. The third-order valence-electron chi connectivity index (χ3n) is 3.15. The van der Waals surface area contributed by atoms with Crippen molar-refractivity contribution in [1.29, 1.82) is 0 Å². The number of carbonyl (C=O) groups excluding carboxylic acids is 1. The van der Waals surface area contributed by atoms with Crippen molar-refractivity contribution in [3.63, 3.8) is 0 Å². The molecule has 0 saturated heterocycles. The summed E-state index contributed by atoms with van der Waals surface area (Å²) in [6, 6.07) is 9.09. The van der Waals surface area contributed by atoms with E-state index in [1.165, 1.54) is 6.08 Å². The second-order valence-electron chi connectivity index (χ2n) is 5.01. The molecule has 1 aromatic heterocycles. The van der Waals surface area contributed by atoms with Gasteiger partial charge in [0.05, 0.1) is 11.7 Å². The molecule has 0 aliphatic carbocycles. The quantitative estimate of drug-likeness (QED) is 0.831. The van der Waals surface area contributed by atoms with Crippen LogP contribution in [0.15, 0.2) is 49.2 Å². The van der Waals surface area contributed by atoms with Crippen LogP contribution in [0, 0.1) is 6.92 Å². The Kier molecular flexibility index (Phi) is 4.78. The minimum Gasteiger partial charge on any atom is -0.437 e. The minimum atomic E-state index is -0.204. The number of pyridine rings is 1. The molecule has 0 saturated carbocycles. The van der Waals surface area contributed by atoms with Crippen molar-refractivity contribution in [3.8, 4) is 11.6 Å². The molecule has 0 spiro atoms. The average molecular weight is 297 g/mol. The highest BCUT2D eigenvalue weighted by Crippen LogP contribution is 2.26. The molecule has 0 bridgehead atoms. The molecule has 5 heteroatoms. The van der Waals surface area contributed by atoms with Crippen LogP contribution in [0.1, 0.15) is 24.1 Å². The van der Waals surface area contributed by atoms with Gasteiger partial charge in [-0.15, -0.1) is 0 Å². The van der Waals surface area contributed by atoms with Crippen LogP contribution in [0.5, 0.6) is 11.6 Å². The first-order chi connectivity index (χ1) is 10.5. The smallest absolute Gasteiger partial charge is 0.243 e. The van der Waals surface area contributed by atoms with E-state index in [9.17, 15) is 4.79 Å². The maximum atomic E-state index is 11.3. The number of aromatic nitrogens is 1. The number of aryl methyl sites for hydroxylation is 1. The van der Waals surface area contributed by atoms with Crippen LogP contribution in [-0.2, 0) is 4.79 Å². The average Bonchev–Trinajstić information content (AvgIpc) is 2.50. The van der Waals surface area contributed by atoms with Gasteiger partial charge in [-0.05, 0) is 49.2 Å². The summed E-state index contributed by atoms with van der Waals surface area (Å²) in [4.78, 5) is 15.5. The summed E-state index contributed by atoms with van der Waals surface area (Å²) in [7, 11) is 0. The first-order valence-electron chi connectivity index (χ1n) is 6.92. The van der Waals surface area contributed by atoms with E-state index in [1.807, 2.05) is 44.2 Å². The van der Waals surface area contributed by atoms with Gasteiger partial charge in [0.1, 0.15) is 5.75 Å². The maximum absolute atomic E-state index is 11.3. The van der Waals surface area contributed by atoms with Crippen molar-refractivity contribution < 1.29 is 9.53 Å². The number of nitrogens with two attached hydrogens (primary N) is 1. The fourth-order valence-corrected chi connectivity index (χ4v) is 1.96. The lowest BCUT2D eigenvalue weighted by atomic mass is 10.1. The molecule has 2 rings (SSSR count). The van der Waals surface area contributed by atoms with E-state index >= 15 is 0 Å². The number of hydrogen-bond acceptors (Lipinski definition) is 4. The molecule has 5 nitrogen and oxygen atoms in total. The summed E-state index contributed by atoms with van der Waals surface area (Å²) in [5.41, 5.74) is 8.31. The molecule has 0 fully saturated rings. The van der Waals surface area contributed by atoms with Gasteiger partial charge >= 0.3 is 0 Å². The fraction of sp³-hybridized carbons (Fsp3) is 0.176. The number of amides is 1. The molecule has 1 aromatic carbocycles. The summed E-state index contributed by atoms with van der Waals surface area (Å²) in [5.74, 6) is 0.810. The Morgan fingerprint density at radius 3 is 2.68 bits per heavy atom. The molecule has 3 N–H and O–H groups in total. The number of hydrogen-bond donors (Lipinski definition) is 2. The normalized spacial score (nSPS) is 11.5. The van der Waals surface area contributed by atoms with Gasteiger partial charge in [-0.1, -0.05) is 18.7 Å². The lowest BCUT2D eigenvalue weighted by Crippen LogP contribution is -2.24. The Morgan fingerprint density at radius 1 is 1.41 bits per heavy atom. The molecule has 1 heterocycles. The molecule has 22 heavy (non-hydrogen) atoms. The number of anilines is 1. The Morgan fingerprint density at radius 2 is 2.09 bits per heavy atom. The lowest BCUT2D eigenvalue weighted by molar-refractivity contribution is -0.117. The molecule has 1 amide bonds. The monoisotopic (exact) mass is 297 g/mol. The van der Waals surface area contributed by atoms with Gasteiger partial charge < -0.3 is 15.8 Å². The van der Waals surface area contributed by atoms with Crippen molar-refractivity contribution in [2.75, 3.05) is 5.73 Å². The number of ether oxygens (including phenoxy) is 1. The Hall–Kier alpha value is -2.82. The van der Waals surface area contributed by atoms with E-state index < -0.39 is 0 Å². The van der Waals surface area contributed by atoms with Crippen molar-refractivity contribution >= 4 is 11.6 Å². The molecule has 0 aliphatic rings. The van der Waals surface area contributed by atoms with E-state index in [0.29, 0.717) is 17.3 Å².